The van der Waals surface area contributed by atoms with Crippen LogP contribution in [-0.4, -0.2) is 29.1 Å². The van der Waals surface area contributed by atoms with Crippen molar-refractivity contribution in [3.8, 4) is 0 Å². The highest BCUT2D eigenvalue weighted by Crippen LogP contribution is 2.34. The van der Waals surface area contributed by atoms with Crippen LogP contribution in [-0.2, 0) is 4.79 Å². The zero-order chi connectivity index (χ0) is 14.7. The summed E-state index contributed by atoms with van der Waals surface area (Å²) in [5.74, 6) is -0.0602. The normalized spacial score (nSPS) is 25.0. The zero-order valence-corrected chi connectivity index (χ0v) is 12.6. The summed E-state index contributed by atoms with van der Waals surface area (Å²) < 4.78 is 0. The minimum atomic E-state index is -0.656. The van der Waals surface area contributed by atoms with Gasteiger partial charge in [-0.2, -0.15) is 0 Å². The fraction of sp³-hybridized carbons (Fsp3) is 0.588. The highest BCUT2D eigenvalue weighted by atomic mass is 16.4. The van der Waals surface area contributed by atoms with Gasteiger partial charge in [0.25, 0.3) is 0 Å². The lowest BCUT2D eigenvalue weighted by molar-refractivity contribution is -0.142. The van der Waals surface area contributed by atoms with Crippen molar-refractivity contribution >= 4 is 5.97 Å². The lowest BCUT2D eigenvalue weighted by Gasteiger charge is -2.29. The smallest absolute Gasteiger partial charge is 0.308 e. The first kappa shape index (κ1) is 15.0. The molecule has 0 amide bonds. The van der Waals surface area contributed by atoms with Gasteiger partial charge in [0.2, 0.25) is 0 Å². The van der Waals surface area contributed by atoms with Crippen LogP contribution in [0.25, 0.3) is 0 Å². The van der Waals surface area contributed by atoms with E-state index in [1.54, 1.807) is 0 Å². The summed E-state index contributed by atoms with van der Waals surface area (Å²) in [4.78, 5) is 13.7. The van der Waals surface area contributed by atoms with Crippen molar-refractivity contribution in [2.45, 2.75) is 33.2 Å². The van der Waals surface area contributed by atoms with E-state index in [0.29, 0.717) is 18.5 Å². The maximum atomic E-state index is 11.3. The molecule has 2 rings (SSSR count). The molecule has 3 heteroatoms. The molecule has 1 aromatic rings. The van der Waals surface area contributed by atoms with E-state index in [9.17, 15) is 9.90 Å². The van der Waals surface area contributed by atoms with Crippen LogP contribution in [0.5, 0.6) is 0 Å². The van der Waals surface area contributed by atoms with E-state index < -0.39 is 5.97 Å². The summed E-state index contributed by atoms with van der Waals surface area (Å²) >= 11 is 0. The number of hydrogen-bond donors (Lipinski definition) is 1. The van der Waals surface area contributed by atoms with E-state index >= 15 is 0 Å². The van der Waals surface area contributed by atoms with Gasteiger partial charge in [-0.3, -0.25) is 9.69 Å². The van der Waals surface area contributed by atoms with E-state index in [1.165, 1.54) is 5.56 Å². The van der Waals surface area contributed by atoms with E-state index in [4.69, 9.17) is 0 Å². The van der Waals surface area contributed by atoms with Gasteiger partial charge in [0.15, 0.2) is 0 Å². The minimum Gasteiger partial charge on any atom is -0.481 e. The number of likely N-dealkylation sites (tertiary alicyclic amines) is 1. The molecular weight excluding hydrogens is 250 g/mol. The van der Waals surface area contributed by atoms with Gasteiger partial charge >= 0.3 is 5.97 Å². The zero-order valence-electron chi connectivity index (χ0n) is 12.6. The van der Waals surface area contributed by atoms with Crippen LogP contribution < -0.4 is 0 Å². The van der Waals surface area contributed by atoms with Crippen LogP contribution in [0.4, 0.5) is 0 Å². The summed E-state index contributed by atoms with van der Waals surface area (Å²) in [5.41, 5.74) is 1.31. The fourth-order valence-corrected chi connectivity index (χ4v) is 3.20. The van der Waals surface area contributed by atoms with Crippen molar-refractivity contribution in [3.05, 3.63) is 35.9 Å². The molecule has 0 aliphatic carbocycles. The third kappa shape index (κ3) is 3.40. The Hall–Kier alpha value is -1.35. The molecule has 1 heterocycles. The first-order chi connectivity index (χ1) is 9.49. The second-order valence-corrected chi connectivity index (χ2v) is 6.43. The highest BCUT2D eigenvalue weighted by Gasteiger charge is 2.38. The lowest BCUT2D eigenvalue weighted by Crippen LogP contribution is -2.29. The molecule has 0 spiro atoms. The van der Waals surface area contributed by atoms with Crippen LogP contribution in [0.1, 0.15) is 38.8 Å². The third-order valence-corrected chi connectivity index (χ3v) is 4.28. The van der Waals surface area contributed by atoms with Gasteiger partial charge in [-0.15, -0.1) is 0 Å². The van der Waals surface area contributed by atoms with Gasteiger partial charge in [-0.25, -0.2) is 0 Å². The second kappa shape index (κ2) is 6.40. The predicted octanol–water partition coefficient (Wildman–Crippen LogP) is 3.43. The molecule has 0 saturated carbocycles. The van der Waals surface area contributed by atoms with Gasteiger partial charge in [0.05, 0.1) is 5.92 Å². The molecule has 0 aromatic heterocycles. The quantitative estimate of drug-likeness (QED) is 0.895. The van der Waals surface area contributed by atoms with E-state index in [0.717, 1.165) is 13.0 Å². The lowest BCUT2D eigenvalue weighted by atomic mass is 9.96. The van der Waals surface area contributed by atoms with Crippen molar-refractivity contribution in [2.75, 3.05) is 13.1 Å². The van der Waals surface area contributed by atoms with E-state index in [-0.39, 0.29) is 11.8 Å². The number of carboxylic acid groups (broad SMARTS) is 1. The topological polar surface area (TPSA) is 40.5 Å². The van der Waals surface area contributed by atoms with Crippen LogP contribution in [0.3, 0.4) is 0 Å². The molecule has 3 nitrogen and oxygen atoms in total. The summed E-state index contributed by atoms with van der Waals surface area (Å²) in [7, 11) is 0. The Morgan fingerprint density at radius 1 is 1.30 bits per heavy atom. The molecular formula is C17H25NO2. The predicted molar refractivity (Wildman–Crippen MR) is 80.5 cm³/mol. The van der Waals surface area contributed by atoms with Gasteiger partial charge < -0.3 is 5.11 Å². The standard InChI is InChI=1S/C17H25NO2/c1-12(2)9-16(14-7-5-4-6-8-14)18-10-13(3)15(11-18)17(19)20/h4-8,12-13,15-16H,9-11H2,1-3H3,(H,19,20)/t13-,15-,16?/m1/s1. The van der Waals surface area contributed by atoms with Crippen molar-refractivity contribution < 1.29 is 9.90 Å². The van der Waals surface area contributed by atoms with Crippen LogP contribution in [0, 0.1) is 17.8 Å². The Morgan fingerprint density at radius 3 is 2.45 bits per heavy atom. The number of hydrogen-bond acceptors (Lipinski definition) is 2. The fourth-order valence-electron chi connectivity index (χ4n) is 3.20. The molecule has 20 heavy (non-hydrogen) atoms. The Bertz CT molecular complexity index is 444. The van der Waals surface area contributed by atoms with Crippen molar-refractivity contribution in [1.82, 2.24) is 4.90 Å². The second-order valence-electron chi connectivity index (χ2n) is 6.43. The number of aliphatic carboxylic acids is 1. The Balaban J connectivity index is 2.18. The van der Waals surface area contributed by atoms with Crippen LogP contribution >= 0.6 is 0 Å². The molecule has 0 radical (unpaired) electrons. The number of benzene rings is 1. The molecule has 1 aliphatic rings. The van der Waals surface area contributed by atoms with Gasteiger partial charge in [0.1, 0.15) is 0 Å². The van der Waals surface area contributed by atoms with Gasteiger partial charge in [0, 0.05) is 19.1 Å². The first-order valence-corrected chi connectivity index (χ1v) is 7.50. The number of rotatable bonds is 5. The maximum absolute atomic E-state index is 11.3. The Kier molecular flexibility index (Phi) is 4.81. The molecule has 1 aromatic carbocycles. The largest absolute Gasteiger partial charge is 0.481 e. The Labute approximate surface area is 121 Å². The molecule has 1 saturated heterocycles. The van der Waals surface area contributed by atoms with Crippen molar-refractivity contribution in [1.29, 1.82) is 0 Å². The maximum Gasteiger partial charge on any atom is 0.308 e. The average Bonchev–Trinajstić information content (AvgIpc) is 2.79. The van der Waals surface area contributed by atoms with Crippen molar-refractivity contribution in [2.24, 2.45) is 17.8 Å². The molecule has 1 N–H and O–H groups in total. The molecule has 3 atom stereocenters. The van der Waals surface area contributed by atoms with Gasteiger partial charge in [-0.05, 0) is 23.8 Å². The van der Waals surface area contributed by atoms with Crippen molar-refractivity contribution in [3.63, 3.8) is 0 Å². The van der Waals surface area contributed by atoms with E-state index in [1.807, 2.05) is 6.07 Å². The first-order valence-electron chi connectivity index (χ1n) is 7.50. The minimum absolute atomic E-state index is 0.228. The number of carboxylic acids is 1. The molecule has 1 fully saturated rings. The van der Waals surface area contributed by atoms with Gasteiger partial charge in [-0.1, -0.05) is 51.1 Å². The monoisotopic (exact) mass is 275 g/mol. The third-order valence-electron chi connectivity index (χ3n) is 4.28. The summed E-state index contributed by atoms with van der Waals surface area (Å²) in [6.45, 7) is 8.05. The number of nitrogens with zero attached hydrogens (tertiary/aromatic N) is 1. The SMILES string of the molecule is CC(C)CC(c1ccccc1)N1C[C@@H](C)[C@H](C(=O)O)C1. The van der Waals surface area contributed by atoms with Crippen LogP contribution in [0.15, 0.2) is 30.3 Å². The summed E-state index contributed by atoms with van der Waals surface area (Å²) in [6, 6.07) is 10.8. The molecule has 1 aliphatic heterocycles. The molecule has 0 bridgehead atoms. The number of carbonyl (C=O) groups is 1. The Morgan fingerprint density at radius 2 is 1.95 bits per heavy atom. The molecule has 110 valence electrons. The summed E-state index contributed by atoms with van der Waals surface area (Å²) in [6.07, 6.45) is 1.07. The van der Waals surface area contributed by atoms with E-state index in [2.05, 4.69) is 49.9 Å². The summed E-state index contributed by atoms with van der Waals surface area (Å²) in [5, 5.41) is 9.31. The highest BCUT2D eigenvalue weighted by molar-refractivity contribution is 5.71. The molecule has 1 unspecified atom stereocenters. The van der Waals surface area contributed by atoms with Crippen LogP contribution in [0.2, 0.25) is 0 Å². The average molecular weight is 275 g/mol.